The zero-order valence-corrected chi connectivity index (χ0v) is 18.7. The number of aromatic amines is 1. The van der Waals surface area contributed by atoms with Gasteiger partial charge in [0.05, 0.1) is 0 Å². The van der Waals surface area contributed by atoms with Crippen LogP contribution in [0.2, 0.25) is 0 Å². The molecular formula is C26H28N4O3. The first-order valence-electron chi connectivity index (χ1n) is 11.1. The van der Waals surface area contributed by atoms with Gasteiger partial charge in [-0.15, -0.1) is 0 Å². The summed E-state index contributed by atoms with van der Waals surface area (Å²) in [7, 11) is 0. The number of aromatic nitrogens is 2. The molecule has 2 heterocycles. The monoisotopic (exact) mass is 444 g/mol. The molecule has 0 aliphatic heterocycles. The molecule has 0 spiro atoms. The highest BCUT2D eigenvalue weighted by Gasteiger charge is 2.26. The van der Waals surface area contributed by atoms with E-state index in [-0.39, 0.29) is 18.4 Å². The molecule has 4 rings (SSSR count). The Morgan fingerprint density at radius 1 is 1.03 bits per heavy atom. The van der Waals surface area contributed by atoms with Crippen LogP contribution in [0.5, 0.6) is 0 Å². The number of carbonyl (C=O) groups is 2. The Hall–Kier alpha value is -3.71. The van der Waals surface area contributed by atoms with Crippen LogP contribution in [-0.2, 0) is 22.6 Å². The van der Waals surface area contributed by atoms with Crippen LogP contribution in [0, 0.1) is 5.92 Å². The maximum absolute atomic E-state index is 13.2. The Morgan fingerprint density at radius 3 is 2.64 bits per heavy atom. The molecule has 2 aromatic heterocycles. The van der Waals surface area contributed by atoms with Crippen LogP contribution in [-0.4, -0.2) is 39.0 Å². The topological polar surface area (TPSA) is 107 Å². The van der Waals surface area contributed by atoms with E-state index in [9.17, 15) is 14.7 Å². The largest absolute Gasteiger partial charge is 0.383 e. The van der Waals surface area contributed by atoms with Gasteiger partial charge in [0.1, 0.15) is 17.8 Å². The van der Waals surface area contributed by atoms with Crippen molar-refractivity contribution in [2.75, 3.05) is 0 Å². The highest BCUT2D eigenvalue weighted by molar-refractivity contribution is 5.91. The fourth-order valence-electron chi connectivity index (χ4n) is 3.85. The van der Waals surface area contributed by atoms with Crippen molar-refractivity contribution in [2.45, 2.75) is 39.0 Å². The molecule has 0 saturated heterocycles. The van der Waals surface area contributed by atoms with E-state index in [0.717, 1.165) is 32.9 Å². The van der Waals surface area contributed by atoms with Gasteiger partial charge in [-0.05, 0) is 39.9 Å². The van der Waals surface area contributed by atoms with Gasteiger partial charge in [-0.1, -0.05) is 56.3 Å². The summed E-state index contributed by atoms with van der Waals surface area (Å²) in [5.41, 5.74) is 2.59. The van der Waals surface area contributed by atoms with E-state index in [1.165, 1.54) is 0 Å². The van der Waals surface area contributed by atoms with Crippen LogP contribution >= 0.6 is 0 Å². The van der Waals surface area contributed by atoms with Crippen molar-refractivity contribution in [1.29, 1.82) is 0 Å². The predicted molar refractivity (Wildman–Crippen MR) is 128 cm³/mol. The number of aliphatic hydroxyl groups is 1. The quantitative estimate of drug-likeness (QED) is 0.335. The summed E-state index contributed by atoms with van der Waals surface area (Å²) < 4.78 is 0. The van der Waals surface area contributed by atoms with Crippen molar-refractivity contribution in [3.63, 3.8) is 0 Å². The van der Waals surface area contributed by atoms with Crippen molar-refractivity contribution in [3.05, 3.63) is 78.1 Å². The zero-order chi connectivity index (χ0) is 23.4. The minimum atomic E-state index is -1.19. The third-order valence-corrected chi connectivity index (χ3v) is 5.76. The molecule has 0 unspecified atom stereocenters. The van der Waals surface area contributed by atoms with Gasteiger partial charge in [-0.25, -0.2) is 4.98 Å². The summed E-state index contributed by atoms with van der Waals surface area (Å²) in [6.45, 7) is 3.80. The Balaban J connectivity index is 1.54. The number of aliphatic hydroxyl groups excluding tert-OH is 1. The molecule has 7 heteroatoms. The second kappa shape index (κ2) is 9.83. The Bertz CT molecular complexity index is 1280. The number of amides is 2. The molecule has 0 bridgehead atoms. The number of pyridine rings is 1. The fraction of sp³-hybridized carbons (Fsp3) is 0.269. The number of carbonyl (C=O) groups excluding carboxylic acids is 2. The molecular weight excluding hydrogens is 416 g/mol. The summed E-state index contributed by atoms with van der Waals surface area (Å²) in [4.78, 5) is 33.1. The molecule has 2 amide bonds. The molecule has 4 aromatic rings. The molecule has 2 atom stereocenters. The number of H-pyrrole nitrogens is 1. The molecule has 0 radical (unpaired) electrons. The maximum atomic E-state index is 13.2. The minimum absolute atomic E-state index is 0.259. The fourth-order valence-corrected chi connectivity index (χ4v) is 3.85. The number of nitrogens with zero attached hydrogens (tertiary/aromatic N) is 1. The van der Waals surface area contributed by atoms with E-state index < -0.39 is 18.1 Å². The number of hydrogen-bond donors (Lipinski definition) is 4. The van der Waals surface area contributed by atoms with Gasteiger partial charge >= 0.3 is 0 Å². The van der Waals surface area contributed by atoms with Crippen LogP contribution in [0.4, 0.5) is 0 Å². The van der Waals surface area contributed by atoms with Crippen LogP contribution in [0.1, 0.15) is 25.0 Å². The molecule has 0 saturated carbocycles. The third kappa shape index (κ3) is 5.21. The SMILES string of the molecule is CC(C)[C@H](O)C(=O)N[C@@H](Cc1cccc2ccccc12)C(=O)NCc1cnc2[nH]ccc2c1. The van der Waals surface area contributed by atoms with Crippen molar-refractivity contribution in [3.8, 4) is 0 Å². The molecule has 0 aliphatic carbocycles. The van der Waals surface area contributed by atoms with Gasteiger partial charge in [-0.2, -0.15) is 0 Å². The standard InChI is InChI=1S/C26H28N4O3/c1-16(2)23(31)26(33)30-22(13-19-8-5-7-18-6-3-4-9-21(18)19)25(32)29-15-17-12-20-10-11-27-24(20)28-14-17/h3-12,14,16,22-23,31H,13,15H2,1-2H3,(H,27,28)(H,29,32)(H,30,33)/t22-,23-/m0/s1. The average molecular weight is 445 g/mol. The lowest BCUT2D eigenvalue weighted by Gasteiger charge is -2.22. The third-order valence-electron chi connectivity index (χ3n) is 5.76. The van der Waals surface area contributed by atoms with E-state index in [1.54, 1.807) is 20.0 Å². The van der Waals surface area contributed by atoms with Crippen LogP contribution in [0.3, 0.4) is 0 Å². The molecule has 0 fully saturated rings. The maximum Gasteiger partial charge on any atom is 0.249 e. The van der Waals surface area contributed by atoms with E-state index in [1.807, 2.05) is 60.8 Å². The van der Waals surface area contributed by atoms with Crippen molar-refractivity contribution < 1.29 is 14.7 Å². The number of hydrogen-bond acceptors (Lipinski definition) is 4. The van der Waals surface area contributed by atoms with Gasteiger partial charge in [0.15, 0.2) is 0 Å². The molecule has 2 aromatic carbocycles. The first kappa shape index (κ1) is 22.5. The lowest BCUT2D eigenvalue weighted by molar-refractivity contribution is -0.135. The molecule has 0 aliphatic rings. The van der Waals surface area contributed by atoms with Crippen LogP contribution < -0.4 is 10.6 Å². The second-order valence-electron chi connectivity index (χ2n) is 8.57. The average Bonchev–Trinajstić information content (AvgIpc) is 3.29. The van der Waals surface area contributed by atoms with E-state index >= 15 is 0 Å². The number of rotatable bonds is 8. The Labute approximate surface area is 192 Å². The molecule has 170 valence electrons. The summed E-state index contributed by atoms with van der Waals surface area (Å²) in [5.74, 6) is -1.13. The Morgan fingerprint density at radius 2 is 1.82 bits per heavy atom. The minimum Gasteiger partial charge on any atom is -0.383 e. The van der Waals surface area contributed by atoms with Crippen molar-refractivity contribution in [1.82, 2.24) is 20.6 Å². The summed E-state index contributed by atoms with van der Waals surface area (Å²) in [6, 6.07) is 16.9. The number of benzene rings is 2. The molecule has 7 nitrogen and oxygen atoms in total. The molecule has 33 heavy (non-hydrogen) atoms. The van der Waals surface area contributed by atoms with Gasteiger partial charge in [0.25, 0.3) is 0 Å². The first-order chi connectivity index (χ1) is 15.9. The number of fused-ring (bicyclic) bond motifs is 2. The van der Waals surface area contributed by atoms with Crippen LogP contribution in [0.25, 0.3) is 21.8 Å². The highest BCUT2D eigenvalue weighted by Crippen LogP contribution is 2.20. The van der Waals surface area contributed by atoms with Gasteiger partial charge < -0.3 is 20.7 Å². The van der Waals surface area contributed by atoms with Crippen molar-refractivity contribution in [2.24, 2.45) is 5.92 Å². The summed E-state index contributed by atoms with van der Waals surface area (Å²) >= 11 is 0. The first-order valence-corrected chi connectivity index (χ1v) is 11.1. The highest BCUT2D eigenvalue weighted by atomic mass is 16.3. The smallest absolute Gasteiger partial charge is 0.249 e. The van der Waals surface area contributed by atoms with Crippen LogP contribution in [0.15, 0.2) is 67.0 Å². The van der Waals surface area contributed by atoms with E-state index in [4.69, 9.17) is 0 Å². The Kier molecular flexibility index (Phi) is 6.70. The summed E-state index contributed by atoms with van der Waals surface area (Å²) in [5, 5.41) is 18.9. The lowest BCUT2D eigenvalue weighted by atomic mass is 9.97. The van der Waals surface area contributed by atoms with E-state index in [0.29, 0.717) is 6.42 Å². The van der Waals surface area contributed by atoms with Gasteiger partial charge in [0, 0.05) is 30.7 Å². The van der Waals surface area contributed by atoms with Gasteiger partial charge in [-0.3, -0.25) is 9.59 Å². The van der Waals surface area contributed by atoms with Gasteiger partial charge in [0.2, 0.25) is 11.8 Å². The molecule has 4 N–H and O–H groups in total. The number of nitrogens with one attached hydrogen (secondary N) is 3. The predicted octanol–water partition coefficient (Wildman–Crippen LogP) is 3.08. The summed E-state index contributed by atoms with van der Waals surface area (Å²) in [6.07, 6.45) is 2.64. The lowest BCUT2D eigenvalue weighted by Crippen LogP contribution is -2.51. The van der Waals surface area contributed by atoms with E-state index in [2.05, 4.69) is 20.6 Å². The zero-order valence-electron chi connectivity index (χ0n) is 18.7. The second-order valence-corrected chi connectivity index (χ2v) is 8.57. The normalized spacial score (nSPS) is 13.2. The van der Waals surface area contributed by atoms with Crippen molar-refractivity contribution >= 4 is 33.6 Å².